The maximum atomic E-state index is 13.0. The molecule has 33 heavy (non-hydrogen) atoms. The number of hydrogen-bond acceptors (Lipinski definition) is 4. The van der Waals surface area contributed by atoms with Crippen LogP contribution in [0.2, 0.25) is 0 Å². The predicted octanol–water partition coefficient (Wildman–Crippen LogP) is 4.30. The molecule has 0 saturated heterocycles. The van der Waals surface area contributed by atoms with Crippen molar-refractivity contribution < 1.29 is 24.2 Å². The first-order valence-electron chi connectivity index (χ1n) is 11.2. The molecule has 4 bridgehead atoms. The van der Waals surface area contributed by atoms with E-state index >= 15 is 0 Å². The number of aryl methyl sites for hydroxylation is 1. The minimum absolute atomic E-state index is 0. The maximum absolute atomic E-state index is 13.0. The fraction of sp³-hybridized carbons (Fsp3) is 0.500. The number of pyridine rings is 2. The van der Waals surface area contributed by atoms with Crippen molar-refractivity contribution in [3.8, 4) is 0 Å². The molecule has 2 amide bonds. The summed E-state index contributed by atoms with van der Waals surface area (Å²) in [6.45, 7) is 1.83. The van der Waals surface area contributed by atoms with Crippen molar-refractivity contribution >= 4 is 11.8 Å². The van der Waals surface area contributed by atoms with Gasteiger partial charge < -0.3 is 10.6 Å². The second-order valence-electron chi connectivity index (χ2n) is 10.00. The quantitative estimate of drug-likeness (QED) is 0.713. The van der Waals surface area contributed by atoms with Crippen LogP contribution in [0.1, 0.15) is 72.3 Å². The molecule has 0 radical (unpaired) electrons. The lowest BCUT2D eigenvalue weighted by molar-refractivity contribution is -0.141. The number of carbonyl (C=O) groups is 2. The number of rotatable bonds is 4. The standard InChI is InChI=1S/C24H25F3N4O2.H2/c1-14-4-2-5-17(28-14)20(32)30-22-9-15-8-16(10-22)12-23(11-15,13-22)31-21(33)18-6-3-7-19(29-18)24(25,26)27;/h2-7,15-16H,8-13H2,1H3,(H,30,32)(H,31,33);1H. The number of alkyl halides is 3. The predicted molar refractivity (Wildman–Crippen MR) is 115 cm³/mol. The molecule has 2 aromatic rings. The number of nitrogens with zero attached hydrogens (tertiary/aromatic N) is 2. The van der Waals surface area contributed by atoms with Crippen LogP contribution in [0, 0.1) is 18.8 Å². The van der Waals surface area contributed by atoms with Crippen LogP contribution < -0.4 is 10.6 Å². The zero-order valence-corrected chi connectivity index (χ0v) is 18.2. The summed E-state index contributed by atoms with van der Waals surface area (Å²) in [5, 5.41) is 6.25. The Morgan fingerprint density at radius 1 is 0.909 bits per heavy atom. The van der Waals surface area contributed by atoms with Gasteiger partial charge in [0, 0.05) is 18.2 Å². The number of hydrogen-bond donors (Lipinski definition) is 2. The first-order chi connectivity index (χ1) is 15.5. The summed E-state index contributed by atoms with van der Waals surface area (Å²) in [7, 11) is 0. The van der Waals surface area contributed by atoms with Gasteiger partial charge in [-0.2, -0.15) is 13.2 Å². The zero-order valence-electron chi connectivity index (χ0n) is 18.2. The molecule has 2 N–H and O–H groups in total. The molecule has 4 aliphatic rings. The minimum atomic E-state index is -4.62. The average molecular weight is 461 g/mol. The van der Waals surface area contributed by atoms with Gasteiger partial charge in [-0.05, 0) is 81.5 Å². The normalized spacial score (nSPS) is 30.2. The van der Waals surface area contributed by atoms with E-state index in [2.05, 4.69) is 20.6 Å². The summed E-state index contributed by atoms with van der Waals surface area (Å²) in [5.74, 6) is -0.162. The Morgan fingerprint density at radius 2 is 1.42 bits per heavy atom. The molecule has 176 valence electrons. The molecular weight excluding hydrogens is 433 g/mol. The summed E-state index contributed by atoms with van der Waals surface area (Å²) in [6, 6.07) is 8.65. The third-order valence-electron chi connectivity index (χ3n) is 7.21. The third-order valence-corrected chi connectivity index (χ3v) is 7.21. The molecule has 6 rings (SSSR count). The fourth-order valence-corrected chi connectivity index (χ4v) is 6.55. The van der Waals surface area contributed by atoms with Crippen molar-refractivity contribution in [3.63, 3.8) is 0 Å². The highest BCUT2D eigenvalue weighted by atomic mass is 19.4. The van der Waals surface area contributed by atoms with Crippen molar-refractivity contribution in [3.05, 3.63) is 59.2 Å². The maximum Gasteiger partial charge on any atom is 0.433 e. The van der Waals surface area contributed by atoms with Crippen LogP contribution in [0.25, 0.3) is 0 Å². The van der Waals surface area contributed by atoms with Gasteiger partial charge in [-0.3, -0.25) is 9.59 Å². The summed E-state index contributed by atoms with van der Waals surface area (Å²) in [6.07, 6.45) is 0.161. The average Bonchev–Trinajstić information content (AvgIpc) is 2.71. The lowest BCUT2D eigenvalue weighted by atomic mass is 9.49. The molecule has 0 spiro atoms. The monoisotopic (exact) mass is 460 g/mol. The highest BCUT2D eigenvalue weighted by Crippen LogP contribution is 2.57. The van der Waals surface area contributed by atoms with Gasteiger partial charge in [0.15, 0.2) is 0 Å². The Balaban J connectivity index is 0.00000274. The molecule has 6 nitrogen and oxygen atoms in total. The van der Waals surface area contributed by atoms with Crippen molar-refractivity contribution in [1.82, 2.24) is 20.6 Å². The molecule has 2 unspecified atom stereocenters. The minimum Gasteiger partial charge on any atom is -0.345 e. The van der Waals surface area contributed by atoms with Gasteiger partial charge in [0.25, 0.3) is 11.8 Å². The number of amides is 2. The van der Waals surface area contributed by atoms with Crippen LogP contribution in [0.4, 0.5) is 13.2 Å². The highest BCUT2D eigenvalue weighted by molar-refractivity contribution is 5.93. The Hall–Kier alpha value is -2.97. The van der Waals surface area contributed by atoms with Crippen molar-refractivity contribution in [1.29, 1.82) is 0 Å². The largest absolute Gasteiger partial charge is 0.433 e. The third kappa shape index (κ3) is 4.20. The zero-order chi connectivity index (χ0) is 23.4. The topological polar surface area (TPSA) is 84.0 Å². The first kappa shape index (κ1) is 21.9. The number of carbonyl (C=O) groups excluding carboxylic acids is 2. The van der Waals surface area contributed by atoms with Gasteiger partial charge >= 0.3 is 6.18 Å². The molecule has 2 heterocycles. The first-order valence-corrected chi connectivity index (χ1v) is 11.2. The van der Waals surface area contributed by atoms with Crippen molar-refractivity contribution in [2.24, 2.45) is 11.8 Å². The smallest absolute Gasteiger partial charge is 0.345 e. The molecule has 4 aliphatic carbocycles. The highest BCUT2D eigenvalue weighted by Gasteiger charge is 2.59. The number of halogens is 3. The molecule has 4 fully saturated rings. The van der Waals surface area contributed by atoms with Gasteiger partial charge in [-0.15, -0.1) is 0 Å². The lowest BCUT2D eigenvalue weighted by Gasteiger charge is -2.62. The van der Waals surface area contributed by atoms with E-state index in [1.54, 1.807) is 12.1 Å². The molecule has 4 saturated carbocycles. The van der Waals surface area contributed by atoms with E-state index in [1.807, 2.05) is 13.0 Å². The van der Waals surface area contributed by atoms with E-state index in [4.69, 9.17) is 0 Å². The van der Waals surface area contributed by atoms with E-state index in [1.165, 1.54) is 12.1 Å². The van der Waals surface area contributed by atoms with Gasteiger partial charge in [0.05, 0.1) is 0 Å². The van der Waals surface area contributed by atoms with Crippen LogP contribution in [0.15, 0.2) is 36.4 Å². The summed E-state index contributed by atoms with van der Waals surface area (Å²) < 4.78 is 39.1. The second kappa shape index (κ2) is 7.53. The number of nitrogens with one attached hydrogen (secondary N) is 2. The molecular formula is C24H27F3N4O2. The van der Waals surface area contributed by atoms with Crippen LogP contribution in [-0.4, -0.2) is 32.9 Å². The van der Waals surface area contributed by atoms with Crippen LogP contribution >= 0.6 is 0 Å². The van der Waals surface area contributed by atoms with Crippen LogP contribution in [-0.2, 0) is 6.18 Å². The second-order valence-corrected chi connectivity index (χ2v) is 10.00. The SMILES string of the molecule is Cc1cccc(C(=O)NC23CC4CC(C2)CC(NC(=O)c2cccc(C(F)(F)F)n2)(C4)C3)n1.[HH]. The molecule has 2 atom stereocenters. The van der Waals surface area contributed by atoms with Crippen molar-refractivity contribution in [2.45, 2.75) is 62.7 Å². The molecule has 2 aromatic heterocycles. The van der Waals surface area contributed by atoms with Crippen LogP contribution in [0.3, 0.4) is 0 Å². The van der Waals surface area contributed by atoms with Gasteiger partial charge in [-0.1, -0.05) is 12.1 Å². The van der Waals surface area contributed by atoms with E-state index in [9.17, 15) is 22.8 Å². The molecule has 9 heteroatoms. The van der Waals surface area contributed by atoms with E-state index < -0.39 is 28.9 Å². The Kier molecular flexibility index (Phi) is 4.99. The van der Waals surface area contributed by atoms with E-state index in [0.717, 1.165) is 43.9 Å². The number of aromatic nitrogens is 2. The van der Waals surface area contributed by atoms with E-state index in [-0.39, 0.29) is 13.0 Å². The summed E-state index contributed by atoms with van der Waals surface area (Å²) >= 11 is 0. The van der Waals surface area contributed by atoms with Gasteiger partial charge in [0.2, 0.25) is 0 Å². The van der Waals surface area contributed by atoms with Crippen molar-refractivity contribution in [2.75, 3.05) is 0 Å². The Bertz CT molecular complexity index is 1110. The lowest BCUT2D eigenvalue weighted by Crippen LogP contribution is -2.70. The Labute approximate surface area is 190 Å². The summed E-state index contributed by atoms with van der Waals surface area (Å²) in [5.41, 5.74) is -1.24. The van der Waals surface area contributed by atoms with Crippen LogP contribution in [0.5, 0.6) is 0 Å². The summed E-state index contributed by atoms with van der Waals surface area (Å²) in [4.78, 5) is 33.8. The van der Waals surface area contributed by atoms with Gasteiger partial charge in [0.1, 0.15) is 17.1 Å². The Morgan fingerprint density at radius 3 is 1.94 bits per heavy atom. The molecule has 0 aliphatic heterocycles. The fourth-order valence-electron chi connectivity index (χ4n) is 6.55. The molecule has 0 aromatic carbocycles. The van der Waals surface area contributed by atoms with Gasteiger partial charge in [-0.25, -0.2) is 9.97 Å². The van der Waals surface area contributed by atoms with E-state index in [0.29, 0.717) is 24.0 Å².